The summed E-state index contributed by atoms with van der Waals surface area (Å²) in [7, 11) is 1.92. The smallest absolute Gasteiger partial charge is 0.251 e. The lowest BCUT2D eigenvalue weighted by Crippen LogP contribution is -2.53. The Labute approximate surface area is 181 Å². The molecule has 5 rings (SSSR count). The molecule has 2 bridgehead atoms. The Morgan fingerprint density at radius 1 is 1.23 bits per heavy atom. The summed E-state index contributed by atoms with van der Waals surface area (Å²) >= 11 is 0. The average Bonchev–Trinajstić information content (AvgIpc) is 3.39. The monoisotopic (exact) mass is 417 g/mol. The van der Waals surface area contributed by atoms with Crippen LogP contribution in [0.4, 0.5) is 0 Å². The first-order valence-corrected chi connectivity index (χ1v) is 10.9. The fourth-order valence-electron chi connectivity index (χ4n) is 5.59. The Morgan fingerprint density at radius 3 is 2.71 bits per heavy atom. The summed E-state index contributed by atoms with van der Waals surface area (Å²) in [6.07, 6.45) is 4.95. The summed E-state index contributed by atoms with van der Waals surface area (Å²) in [6, 6.07) is 9.17. The maximum Gasteiger partial charge on any atom is 0.251 e. The Balaban J connectivity index is 1.48. The van der Waals surface area contributed by atoms with Gasteiger partial charge in [-0.15, -0.1) is 0 Å². The van der Waals surface area contributed by atoms with Gasteiger partial charge < -0.3 is 9.47 Å². The SMILES string of the molecule is Cc1c(CN2C[C@H]3C[C@@H](C2)[C@H](C(=O)N2CC=CC2)n2c3cccc2=O)cc(C#N)n1C. The molecule has 3 aliphatic rings. The van der Waals surface area contributed by atoms with Crippen molar-refractivity contribution < 1.29 is 4.79 Å². The second-order valence-corrected chi connectivity index (χ2v) is 9.02. The molecule has 0 aromatic carbocycles. The fraction of sp³-hybridized carbons (Fsp3) is 0.458. The van der Waals surface area contributed by atoms with Crippen LogP contribution in [0.2, 0.25) is 0 Å². The minimum Gasteiger partial charge on any atom is -0.340 e. The Hall–Kier alpha value is -3.11. The lowest BCUT2D eigenvalue weighted by atomic mass is 9.78. The number of likely N-dealkylation sites (tertiary alicyclic amines) is 1. The van der Waals surface area contributed by atoms with Gasteiger partial charge in [0.1, 0.15) is 17.8 Å². The number of aromatic nitrogens is 2. The standard InChI is InChI=1S/C24H27N5O2/c1-16-17(11-20(12-25)26(16)2)13-27-14-18-10-19(15-27)23(24(31)28-8-3-4-9-28)29-21(18)6-5-7-22(29)30/h3-7,11,18-19,23H,8-10,13-15H2,1-2H3/t18-,19+,23-/m1/s1. The highest BCUT2D eigenvalue weighted by Gasteiger charge is 2.45. The highest BCUT2D eigenvalue weighted by atomic mass is 16.2. The van der Waals surface area contributed by atoms with Crippen LogP contribution in [0.3, 0.4) is 0 Å². The van der Waals surface area contributed by atoms with Crippen LogP contribution >= 0.6 is 0 Å². The molecule has 1 saturated heterocycles. The first-order valence-electron chi connectivity index (χ1n) is 10.9. The number of hydrogen-bond donors (Lipinski definition) is 0. The van der Waals surface area contributed by atoms with Gasteiger partial charge in [0.05, 0.1) is 0 Å². The molecule has 0 spiro atoms. The lowest BCUT2D eigenvalue weighted by molar-refractivity contribution is -0.137. The zero-order chi connectivity index (χ0) is 21.7. The van der Waals surface area contributed by atoms with E-state index >= 15 is 0 Å². The molecule has 7 heteroatoms. The van der Waals surface area contributed by atoms with E-state index in [0.717, 1.165) is 43.0 Å². The predicted octanol–water partition coefficient (Wildman–Crippen LogP) is 1.93. The summed E-state index contributed by atoms with van der Waals surface area (Å²) in [4.78, 5) is 30.6. The highest BCUT2D eigenvalue weighted by Crippen LogP contribution is 2.42. The minimum atomic E-state index is -0.450. The molecule has 3 atom stereocenters. The molecule has 0 aliphatic carbocycles. The van der Waals surface area contributed by atoms with Gasteiger partial charge in [0.15, 0.2) is 0 Å². The maximum absolute atomic E-state index is 13.5. The number of pyridine rings is 1. The van der Waals surface area contributed by atoms with Crippen molar-refractivity contribution in [1.82, 2.24) is 18.9 Å². The molecule has 31 heavy (non-hydrogen) atoms. The summed E-state index contributed by atoms with van der Waals surface area (Å²) in [5.74, 6) is 0.374. The molecule has 2 aromatic heterocycles. The Morgan fingerprint density at radius 2 is 2.00 bits per heavy atom. The quantitative estimate of drug-likeness (QED) is 0.716. The van der Waals surface area contributed by atoms with Gasteiger partial charge in [0.2, 0.25) is 5.91 Å². The van der Waals surface area contributed by atoms with Crippen molar-refractivity contribution in [3.63, 3.8) is 0 Å². The van der Waals surface area contributed by atoms with Crippen LogP contribution in [0, 0.1) is 24.2 Å². The van der Waals surface area contributed by atoms with E-state index in [2.05, 4.69) is 11.0 Å². The highest BCUT2D eigenvalue weighted by molar-refractivity contribution is 5.82. The van der Waals surface area contributed by atoms with Crippen molar-refractivity contribution in [2.24, 2.45) is 13.0 Å². The van der Waals surface area contributed by atoms with E-state index in [1.165, 1.54) is 0 Å². The van der Waals surface area contributed by atoms with E-state index in [4.69, 9.17) is 0 Å². The van der Waals surface area contributed by atoms with Crippen LogP contribution in [0.5, 0.6) is 0 Å². The lowest BCUT2D eigenvalue weighted by Gasteiger charge is -2.47. The van der Waals surface area contributed by atoms with Gasteiger partial charge in [0.25, 0.3) is 5.56 Å². The van der Waals surface area contributed by atoms with E-state index in [1.807, 2.05) is 53.8 Å². The average molecular weight is 418 g/mol. The number of carbonyl (C=O) groups excluding carboxylic acids is 1. The molecular formula is C24H27N5O2. The molecule has 0 saturated carbocycles. The minimum absolute atomic E-state index is 0.0486. The third kappa shape index (κ3) is 3.22. The van der Waals surface area contributed by atoms with E-state index in [0.29, 0.717) is 18.8 Å². The first kappa shape index (κ1) is 19.8. The molecule has 0 radical (unpaired) electrons. The molecule has 2 aromatic rings. The van der Waals surface area contributed by atoms with Crippen LogP contribution in [0.25, 0.3) is 0 Å². The third-order valence-corrected chi connectivity index (χ3v) is 7.25. The van der Waals surface area contributed by atoms with E-state index in [-0.39, 0.29) is 23.3 Å². The van der Waals surface area contributed by atoms with Crippen LogP contribution in [0.1, 0.15) is 41.0 Å². The second-order valence-electron chi connectivity index (χ2n) is 9.02. The molecular weight excluding hydrogens is 390 g/mol. The van der Waals surface area contributed by atoms with Crippen molar-refractivity contribution >= 4 is 5.91 Å². The van der Waals surface area contributed by atoms with Gasteiger partial charge in [-0.2, -0.15) is 5.26 Å². The zero-order valence-corrected chi connectivity index (χ0v) is 18.0. The van der Waals surface area contributed by atoms with Crippen LogP contribution in [-0.4, -0.2) is 51.0 Å². The number of amides is 1. The molecule has 3 aliphatic heterocycles. The number of rotatable bonds is 3. The molecule has 0 N–H and O–H groups in total. The normalized spacial score (nSPS) is 24.8. The molecule has 5 heterocycles. The van der Waals surface area contributed by atoms with Gasteiger partial charge in [-0.25, -0.2) is 0 Å². The summed E-state index contributed by atoms with van der Waals surface area (Å²) in [5.41, 5.74) is 3.80. The van der Waals surface area contributed by atoms with E-state index < -0.39 is 6.04 Å². The van der Waals surface area contributed by atoms with Gasteiger partial charge in [-0.1, -0.05) is 18.2 Å². The first-order chi connectivity index (χ1) is 15.0. The number of piperidine rings is 1. The molecule has 160 valence electrons. The van der Waals surface area contributed by atoms with Gasteiger partial charge >= 0.3 is 0 Å². The predicted molar refractivity (Wildman–Crippen MR) is 116 cm³/mol. The van der Waals surface area contributed by atoms with Crippen LogP contribution in [-0.2, 0) is 18.4 Å². The van der Waals surface area contributed by atoms with Crippen molar-refractivity contribution in [2.75, 3.05) is 26.2 Å². The van der Waals surface area contributed by atoms with Crippen LogP contribution in [0.15, 0.2) is 41.2 Å². The fourth-order valence-corrected chi connectivity index (χ4v) is 5.59. The Bertz CT molecular complexity index is 1160. The van der Waals surface area contributed by atoms with Crippen LogP contribution < -0.4 is 5.56 Å². The summed E-state index contributed by atoms with van der Waals surface area (Å²) in [6.45, 7) is 5.64. The van der Waals surface area contributed by atoms with E-state index in [1.54, 1.807) is 10.6 Å². The number of nitriles is 1. The number of nitrogens with zero attached hydrogens (tertiary/aromatic N) is 5. The van der Waals surface area contributed by atoms with Crippen molar-refractivity contribution in [1.29, 1.82) is 5.26 Å². The number of carbonyl (C=O) groups is 1. The number of fused-ring (bicyclic) bond motifs is 4. The topological polar surface area (TPSA) is 74.3 Å². The molecule has 7 nitrogen and oxygen atoms in total. The molecule has 1 amide bonds. The molecule has 0 unspecified atom stereocenters. The second kappa shape index (κ2) is 7.54. The third-order valence-electron chi connectivity index (χ3n) is 7.25. The Kier molecular flexibility index (Phi) is 4.82. The largest absolute Gasteiger partial charge is 0.340 e. The summed E-state index contributed by atoms with van der Waals surface area (Å²) < 4.78 is 3.71. The maximum atomic E-state index is 13.5. The zero-order valence-electron chi connectivity index (χ0n) is 18.0. The van der Waals surface area contributed by atoms with Crippen molar-refractivity contribution in [2.45, 2.75) is 31.8 Å². The van der Waals surface area contributed by atoms with Gasteiger partial charge in [-0.05, 0) is 31.0 Å². The summed E-state index contributed by atoms with van der Waals surface area (Å²) in [5, 5.41) is 9.36. The molecule has 1 fully saturated rings. The van der Waals surface area contributed by atoms with Gasteiger partial charge in [0, 0.05) is 69.1 Å². The van der Waals surface area contributed by atoms with Gasteiger partial charge in [-0.3, -0.25) is 19.1 Å². The van der Waals surface area contributed by atoms with Crippen molar-refractivity contribution in [3.05, 3.63) is 69.4 Å². The van der Waals surface area contributed by atoms with E-state index in [9.17, 15) is 14.9 Å². The number of hydrogen-bond acceptors (Lipinski definition) is 4. The van der Waals surface area contributed by atoms with Crippen molar-refractivity contribution in [3.8, 4) is 6.07 Å².